The molecular weight excluding hydrogens is 291 g/mol. The van der Waals surface area contributed by atoms with Crippen molar-refractivity contribution in [2.45, 2.75) is 101 Å². The average Bonchev–Trinajstić information content (AvgIpc) is 2.39. The van der Waals surface area contributed by atoms with Crippen LogP contribution in [0.3, 0.4) is 0 Å². The van der Waals surface area contributed by atoms with Crippen molar-refractivity contribution in [2.75, 3.05) is 0 Å². The van der Waals surface area contributed by atoms with Gasteiger partial charge in [0.25, 0.3) is 0 Å². The first-order chi connectivity index (χ1) is 9.27. The van der Waals surface area contributed by atoms with Gasteiger partial charge >= 0.3 is 0 Å². The Bertz CT molecular complexity index is 163. The Morgan fingerprint density at radius 2 is 0.842 bits per heavy atom. The van der Waals surface area contributed by atoms with E-state index in [2.05, 4.69) is 10.2 Å². The Labute approximate surface area is 134 Å². The second kappa shape index (κ2) is 16.9. The molecule has 0 aliphatic heterocycles. The highest BCUT2D eigenvalue weighted by Gasteiger charge is 1.98. The summed E-state index contributed by atoms with van der Waals surface area (Å²) in [4.78, 5) is -0.158. The maximum absolute atomic E-state index is 5.69. The normalized spacial score (nSPS) is 11.4. The molecule has 3 heteroatoms. The quantitative estimate of drug-likeness (QED) is 0.176. The lowest BCUT2D eigenvalue weighted by atomic mass is 10.0. The zero-order valence-electron chi connectivity index (χ0n) is 12.4. The van der Waals surface area contributed by atoms with E-state index in [0.29, 0.717) is 0 Å². The van der Waals surface area contributed by atoms with Crippen molar-refractivity contribution >= 4 is 33.4 Å². The lowest BCUT2D eigenvalue weighted by Crippen LogP contribution is -1.87. The molecule has 0 rings (SSSR count). The minimum absolute atomic E-state index is 0.158. The molecule has 0 N–H and O–H groups in total. The molecule has 0 aromatic heterocycles. The number of hydrogen-bond acceptors (Lipinski definition) is 0. The molecule has 0 saturated heterocycles. The first-order valence-electron chi connectivity index (χ1n) is 8.20. The molecule has 0 nitrogen and oxygen atoms in total. The van der Waals surface area contributed by atoms with E-state index in [-0.39, 0.29) is 4.84 Å². The lowest BCUT2D eigenvalue weighted by Gasteiger charge is -2.03. The van der Waals surface area contributed by atoms with Crippen molar-refractivity contribution in [1.29, 1.82) is 0 Å². The van der Waals surface area contributed by atoms with Gasteiger partial charge in [0.2, 0.25) is 0 Å². The Balaban J connectivity index is 2.91. The SMILES string of the molecule is [Si]CCCCCCCCCCCCCCCC(Cl)Cl. The van der Waals surface area contributed by atoms with Gasteiger partial charge in [0.15, 0.2) is 0 Å². The smallest absolute Gasteiger partial charge is 0.105 e. The number of hydrogen-bond donors (Lipinski definition) is 0. The molecule has 0 aromatic carbocycles. The predicted molar refractivity (Wildman–Crippen MR) is 90.7 cm³/mol. The molecule has 0 amide bonds. The first kappa shape index (κ1) is 19.8. The molecule has 3 radical (unpaired) electrons. The second-order valence-corrected chi connectivity index (χ2v) is 7.30. The molecule has 113 valence electrons. The molecule has 0 unspecified atom stereocenters. The van der Waals surface area contributed by atoms with Gasteiger partial charge in [-0.15, -0.1) is 23.2 Å². The van der Waals surface area contributed by atoms with Crippen molar-refractivity contribution in [3.05, 3.63) is 0 Å². The number of unbranched alkanes of at least 4 members (excludes halogenated alkanes) is 12. The highest BCUT2D eigenvalue weighted by Crippen LogP contribution is 2.15. The van der Waals surface area contributed by atoms with Crippen LogP contribution in [0.15, 0.2) is 0 Å². The Morgan fingerprint density at radius 1 is 0.526 bits per heavy atom. The molecule has 0 aliphatic carbocycles. The van der Waals surface area contributed by atoms with E-state index in [1.807, 2.05) is 0 Å². The van der Waals surface area contributed by atoms with Crippen molar-refractivity contribution in [3.63, 3.8) is 0 Å². The largest absolute Gasteiger partial charge is 0.107 e. The van der Waals surface area contributed by atoms with Gasteiger partial charge in [-0.2, -0.15) is 0 Å². The van der Waals surface area contributed by atoms with Crippen molar-refractivity contribution in [1.82, 2.24) is 0 Å². The van der Waals surface area contributed by atoms with Crippen LogP contribution in [0, 0.1) is 0 Å². The van der Waals surface area contributed by atoms with Crippen LogP contribution in [0.5, 0.6) is 0 Å². The maximum atomic E-state index is 5.69. The predicted octanol–water partition coefficient (Wildman–Crippen LogP) is 6.84. The number of halogens is 2. The summed E-state index contributed by atoms with van der Waals surface area (Å²) in [6.07, 6.45) is 18.9. The summed E-state index contributed by atoms with van der Waals surface area (Å²) in [5.41, 5.74) is 0. The summed E-state index contributed by atoms with van der Waals surface area (Å²) in [6, 6.07) is 1.16. The number of rotatable bonds is 15. The van der Waals surface area contributed by atoms with E-state index in [4.69, 9.17) is 23.2 Å². The maximum Gasteiger partial charge on any atom is 0.107 e. The zero-order chi connectivity index (χ0) is 14.2. The van der Waals surface area contributed by atoms with E-state index >= 15 is 0 Å². The van der Waals surface area contributed by atoms with Crippen molar-refractivity contribution < 1.29 is 0 Å². The summed E-state index contributed by atoms with van der Waals surface area (Å²) in [5, 5.41) is 0. The molecule has 0 atom stereocenters. The fourth-order valence-corrected chi connectivity index (χ4v) is 2.93. The fraction of sp³-hybridized carbons (Fsp3) is 1.00. The van der Waals surface area contributed by atoms with Crippen LogP contribution in [0.1, 0.15) is 89.9 Å². The van der Waals surface area contributed by atoms with Crippen molar-refractivity contribution in [3.8, 4) is 0 Å². The monoisotopic (exact) mass is 321 g/mol. The Kier molecular flexibility index (Phi) is 17.6. The first-order valence-corrected chi connectivity index (χ1v) is 9.78. The average molecular weight is 322 g/mol. The lowest BCUT2D eigenvalue weighted by molar-refractivity contribution is 0.537. The van der Waals surface area contributed by atoms with Crippen LogP contribution in [0.25, 0.3) is 0 Å². The van der Waals surface area contributed by atoms with E-state index in [9.17, 15) is 0 Å². The Morgan fingerprint density at radius 3 is 1.16 bits per heavy atom. The van der Waals surface area contributed by atoms with Gasteiger partial charge in [0.05, 0.1) is 0 Å². The molecular formula is C16H31Cl2Si. The van der Waals surface area contributed by atoms with Gasteiger partial charge in [-0.1, -0.05) is 89.5 Å². The van der Waals surface area contributed by atoms with Gasteiger partial charge in [0.1, 0.15) is 4.84 Å². The summed E-state index contributed by atoms with van der Waals surface area (Å²) in [6.45, 7) is 0. The summed E-state index contributed by atoms with van der Waals surface area (Å²) in [5.74, 6) is 0. The van der Waals surface area contributed by atoms with Gasteiger partial charge in [0, 0.05) is 10.2 Å². The minimum atomic E-state index is -0.158. The minimum Gasteiger partial charge on any atom is -0.105 e. The summed E-state index contributed by atoms with van der Waals surface area (Å²) < 4.78 is 0. The van der Waals surface area contributed by atoms with E-state index in [0.717, 1.165) is 12.5 Å². The highest BCUT2D eigenvalue weighted by molar-refractivity contribution is 6.44. The van der Waals surface area contributed by atoms with E-state index < -0.39 is 0 Å². The highest BCUT2D eigenvalue weighted by atomic mass is 35.5. The molecule has 0 heterocycles. The molecule has 0 saturated carbocycles. The molecule has 19 heavy (non-hydrogen) atoms. The molecule has 0 aliphatic rings. The third-order valence-electron chi connectivity index (χ3n) is 3.60. The van der Waals surface area contributed by atoms with Crippen molar-refractivity contribution in [2.24, 2.45) is 0 Å². The van der Waals surface area contributed by atoms with Crippen LogP contribution >= 0.6 is 23.2 Å². The van der Waals surface area contributed by atoms with Gasteiger partial charge in [-0.25, -0.2) is 0 Å². The van der Waals surface area contributed by atoms with Gasteiger partial charge < -0.3 is 0 Å². The fourth-order valence-electron chi connectivity index (χ4n) is 2.37. The standard InChI is InChI=1S/C16H31Cl2Si/c17-16(18)14-12-10-8-6-4-2-1-3-5-7-9-11-13-15-19/h16H,1-15H2. The van der Waals surface area contributed by atoms with Crippen LogP contribution in [0.4, 0.5) is 0 Å². The third kappa shape index (κ3) is 18.8. The van der Waals surface area contributed by atoms with Crippen LogP contribution < -0.4 is 0 Å². The molecule has 0 bridgehead atoms. The number of alkyl halides is 2. The molecule has 0 spiro atoms. The zero-order valence-corrected chi connectivity index (χ0v) is 15.0. The van der Waals surface area contributed by atoms with Crippen LogP contribution in [-0.2, 0) is 0 Å². The van der Waals surface area contributed by atoms with E-state index in [1.165, 1.54) is 83.5 Å². The topological polar surface area (TPSA) is 0 Å². The van der Waals surface area contributed by atoms with Crippen LogP contribution in [0.2, 0.25) is 6.04 Å². The third-order valence-corrected chi connectivity index (χ3v) is 4.39. The molecule has 0 fully saturated rings. The van der Waals surface area contributed by atoms with Gasteiger partial charge in [-0.05, 0) is 6.42 Å². The Hall–Kier alpha value is 0.797. The van der Waals surface area contributed by atoms with Crippen LogP contribution in [-0.4, -0.2) is 15.1 Å². The summed E-state index contributed by atoms with van der Waals surface area (Å²) >= 11 is 11.4. The second-order valence-electron chi connectivity index (χ2n) is 5.53. The van der Waals surface area contributed by atoms with Gasteiger partial charge in [-0.3, -0.25) is 0 Å². The molecule has 0 aromatic rings. The van der Waals surface area contributed by atoms with E-state index in [1.54, 1.807) is 0 Å². The summed E-state index contributed by atoms with van der Waals surface area (Å²) in [7, 11) is 3.52.